The van der Waals surface area contributed by atoms with Crippen molar-refractivity contribution in [1.29, 1.82) is 0 Å². The average Bonchev–Trinajstić information content (AvgIpc) is 2.39. The zero-order valence-electron chi connectivity index (χ0n) is 11.2. The molecule has 110 valence electrons. The molecule has 1 aromatic rings. The second-order valence-corrected chi connectivity index (χ2v) is 4.46. The highest BCUT2D eigenvalue weighted by molar-refractivity contribution is 5.76. The SMILES string of the molecule is Cc1cc(CNC(=O)NC[C@H](O)C(=O)O)cc(C)c1F. The number of rotatable bonds is 5. The van der Waals surface area contributed by atoms with E-state index in [1.54, 1.807) is 26.0 Å². The number of hydrogen-bond donors (Lipinski definition) is 4. The average molecular weight is 284 g/mol. The summed E-state index contributed by atoms with van der Waals surface area (Å²) in [6.07, 6.45) is -1.64. The number of benzene rings is 1. The molecular formula is C13H17FN2O4. The van der Waals surface area contributed by atoms with Crippen molar-refractivity contribution in [1.82, 2.24) is 10.6 Å². The molecule has 0 aliphatic heterocycles. The van der Waals surface area contributed by atoms with Crippen LogP contribution in [-0.2, 0) is 11.3 Å². The van der Waals surface area contributed by atoms with Crippen LogP contribution in [0.1, 0.15) is 16.7 Å². The molecule has 2 amide bonds. The van der Waals surface area contributed by atoms with Gasteiger partial charge < -0.3 is 20.8 Å². The molecule has 6 nitrogen and oxygen atoms in total. The fraction of sp³-hybridized carbons (Fsp3) is 0.385. The van der Waals surface area contributed by atoms with Gasteiger partial charge in [0.1, 0.15) is 5.82 Å². The largest absolute Gasteiger partial charge is 0.479 e. The third kappa shape index (κ3) is 4.51. The van der Waals surface area contributed by atoms with Crippen molar-refractivity contribution < 1.29 is 24.2 Å². The van der Waals surface area contributed by atoms with Gasteiger partial charge in [0.25, 0.3) is 0 Å². The Morgan fingerprint density at radius 2 is 1.80 bits per heavy atom. The lowest BCUT2D eigenvalue weighted by Gasteiger charge is -2.11. The first-order valence-corrected chi connectivity index (χ1v) is 5.99. The van der Waals surface area contributed by atoms with Gasteiger partial charge >= 0.3 is 12.0 Å². The highest BCUT2D eigenvalue weighted by atomic mass is 19.1. The molecule has 0 saturated heterocycles. The van der Waals surface area contributed by atoms with Crippen molar-refractivity contribution in [3.05, 3.63) is 34.6 Å². The van der Waals surface area contributed by atoms with Crippen LogP contribution in [0.4, 0.5) is 9.18 Å². The molecule has 0 heterocycles. The lowest BCUT2D eigenvalue weighted by Crippen LogP contribution is -2.41. The normalized spacial score (nSPS) is 11.8. The van der Waals surface area contributed by atoms with Gasteiger partial charge in [0.2, 0.25) is 0 Å². The Morgan fingerprint density at radius 3 is 2.30 bits per heavy atom. The number of aryl methyl sites for hydroxylation is 2. The van der Waals surface area contributed by atoms with E-state index in [0.29, 0.717) is 11.1 Å². The van der Waals surface area contributed by atoms with Crippen molar-refractivity contribution in [2.45, 2.75) is 26.5 Å². The highest BCUT2D eigenvalue weighted by Gasteiger charge is 2.13. The van der Waals surface area contributed by atoms with Crippen LogP contribution in [0.2, 0.25) is 0 Å². The predicted octanol–water partition coefficient (Wildman–Crippen LogP) is 0.687. The number of hydrogen-bond acceptors (Lipinski definition) is 3. The van der Waals surface area contributed by atoms with Crippen LogP contribution in [0.15, 0.2) is 12.1 Å². The summed E-state index contributed by atoms with van der Waals surface area (Å²) in [6.45, 7) is 3.06. The second kappa shape index (κ2) is 6.85. The van der Waals surface area contributed by atoms with Crippen LogP contribution < -0.4 is 10.6 Å². The van der Waals surface area contributed by atoms with Crippen molar-refractivity contribution >= 4 is 12.0 Å². The van der Waals surface area contributed by atoms with Gasteiger partial charge in [-0.05, 0) is 30.5 Å². The minimum Gasteiger partial charge on any atom is -0.479 e. The molecule has 0 saturated carbocycles. The summed E-state index contributed by atoms with van der Waals surface area (Å²) in [5, 5.41) is 22.1. The molecular weight excluding hydrogens is 267 g/mol. The Kier molecular flexibility index (Phi) is 5.45. The summed E-state index contributed by atoms with van der Waals surface area (Å²) in [4.78, 5) is 21.7. The summed E-state index contributed by atoms with van der Waals surface area (Å²) in [7, 11) is 0. The molecule has 0 aliphatic rings. The van der Waals surface area contributed by atoms with Crippen LogP contribution in [-0.4, -0.2) is 34.9 Å². The molecule has 0 aliphatic carbocycles. The number of aliphatic hydroxyl groups excluding tert-OH is 1. The number of aliphatic hydroxyl groups is 1. The smallest absolute Gasteiger partial charge is 0.334 e. The molecule has 7 heteroatoms. The van der Waals surface area contributed by atoms with Crippen molar-refractivity contribution in [2.24, 2.45) is 0 Å². The van der Waals surface area contributed by atoms with E-state index < -0.39 is 18.1 Å². The molecule has 1 rings (SSSR count). The number of carbonyl (C=O) groups excluding carboxylic acids is 1. The zero-order chi connectivity index (χ0) is 15.3. The molecule has 0 unspecified atom stereocenters. The van der Waals surface area contributed by atoms with Gasteiger partial charge in [0.15, 0.2) is 6.10 Å². The maximum atomic E-state index is 13.4. The second-order valence-electron chi connectivity index (χ2n) is 4.46. The van der Waals surface area contributed by atoms with Crippen molar-refractivity contribution in [3.63, 3.8) is 0 Å². The summed E-state index contributed by atoms with van der Waals surface area (Å²) in [5.41, 5.74) is 1.71. The summed E-state index contributed by atoms with van der Waals surface area (Å²) in [6, 6.07) is 2.63. The Balaban J connectivity index is 2.47. The van der Waals surface area contributed by atoms with Crippen molar-refractivity contribution in [3.8, 4) is 0 Å². The molecule has 0 radical (unpaired) electrons. The maximum Gasteiger partial charge on any atom is 0.334 e. The number of carboxylic acid groups (broad SMARTS) is 1. The minimum absolute atomic E-state index is 0.178. The van der Waals surface area contributed by atoms with Crippen LogP contribution in [0.3, 0.4) is 0 Å². The number of carbonyl (C=O) groups is 2. The number of amides is 2. The van der Waals surface area contributed by atoms with Gasteiger partial charge in [0, 0.05) is 6.54 Å². The van der Waals surface area contributed by atoms with E-state index in [9.17, 15) is 14.0 Å². The Hall–Kier alpha value is -2.15. The summed E-state index contributed by atoms with van der Waals surface area (Å²) >= 11 is 0. The Labute approximate surface area is 115 Å². The molecule has 0 aromatic heterocycles. The first-order chi connectivity index (χ1) is 9.31. The Morgan fingerprint density at radius 1 is 1.25 bits per heavy atom. The third-order valence-corrected chi connectivity index (χ3v) is 2.69. The minimum atomic E-state index is -1.64. The topological polar surface area (TPSA) is 98.7 Å². The standard InChI is InChI=1S/C13H17FN2O4/c1-7-3-9(4-8(2)11(7)14)5-15-13(20)16-6-10(17)12(18)19/h3-4,10,17H,5-6H2,1-2H3,(H,18,19)(H2,15,16,20)/t10-/m0/s1. The number of carboxylic acids is 1. The van der Waals surface area contributed by atoms with E-state index in [1.807, 2.05) is 0 Å². The van der Waals surface area contributed by atoms with E-state index >= 15 is 0 Å². The zero-order valence-corrected chi connectivity index (χ0v) is 11.2. The van der Waals surface area contributed by atoms with Gasteiger partial charge in [-0.15, -0.1) is 0 Å². The van der Waals surface area contributed by atoms with Crippen LogP contribution in [0.25, 0.3) is 0 Å². The lowest BCUT2D eigenvalue weighted by atomic mass is 10.1. The van der Waals surface area contributed by atoms with Gasteiger partial charge in [-0.25, -0.2) is 14.0 Å². The fourth-order valence-corrected chi connectivity index (χ4v) is 1.66. The fourth-order valence-electron chi connectivity index (χ4n) is 1.66. The third-order valence-electron chi connectivity index (χ3n) is 2.69. The van der Waals surface area contributed by atoms with Crippen LogP contribution in [0.5, 0.6) is 0 Å². The molecule has 1 aromatic carbocycles. The van der Waals surface area contributed by atoms with Gasteiger partial charge in [0.05, 0.1) is 6.54 Å². The van der Waals surface area contributed by atoms with Gasteiger partial charge in [-0.2, -0.15) is 0 Å². The molecule has 0 fully saturated rings. The van der Waals surface area contributed by atoms with E-state index in [2.05, 4.69) is 10.6 Å². The first kappa shape index (κ1) is 15.9. The quantitative estimate of drug-likeness (QED) is 0.639. The van der Waals surface area contributed by atoms with Gasteiger partial charge in [-0.1, -0.05) is 12.1 Å². The lowest BCUT2D eigenvalue weighted by molar-refractivity contribution is -0.146. The molecule has 20 heavy (non-hydrogen) atoms. The van der Waals surface area contributed by atoms with Crippen molar-refractivity contribution in [2.75, 3.05) is 6.54 Å². The first-order valence-electron chi connectivity index (χ1n) is 5.99. The number of nitrogens with one attached hydrogen (secondary N) is 2. The van der Waals surface area contributed by atoms with Crippen LogP contribution >= 0.6 is 0 Å². The molecule has 0 spiro atoms. The maximum absolute atomic E-state index is 13.4. The molecule has 0 bridgehead atoms. The van der Waals surface area contributed by atoms with E-state index in [1.165, 1.54) is 0 Å². The number of halogens is 1. The number of aliphatic carboxylic acids is 1. The van der Waals surface area contributed by atoms with E-state index in [0.717, 1.165) is 5.56 Å². The summed E-state index contributed by atoms with van der Waals surface area (Å²) < 4.78 is 13.4. The molecule has 1 atom stereocenters. The van der Waals surface area contributed by atoms with Gasteiger partial charge in [-0.3, -0.25) is 0 Å². The Bertz CT molecular complexity index is 496. The van der Waals surface area contributed by atoms with Crippen LogP contribution in [0, 0.1) is 19.7 Å². The highest BCUT2D eigenvalue weighted by Crippen LogP contribution is 2.14. The number of urea groups is 1. The molecule has 4 N–H and O–H groups in total. The van der Waals surface area contributed by atoms with E-state index in [4.69, 9.17) is 10.2 Å². The predicted molar refractivity (Wildman–Crippen MR) is 69.8 cm³/mol. The monoisotopic (exact) mass is 284 g/mol. The summed E-state index contributed by atoms with van der Waals surface area (Å²) in [5.74, 6) is -1.68. The van der Waals surface area contributed by atoms with E-state index in [-0.39, 0.29) is 18.9 Å².